The van der Waals surface area contributed by atoms with Crippen LogP contribution < -0.4 is 0 Å². The predicted molar refractivity (Wildman–Crippen MR) is 61.3 cm³/mol. The fourth-order valence-corrected chi connectivity index (χ4v) is 2.44. The first-order valence-corrected chi connectivity index (χ1v) is 5.66. The van der Waals surface area contributed by atoms with Crippen molar-refractivity contribution in [1.82, 2.24) is 19.6 Å². The highest BCUT2D eigenvalue weighted by atomic mass is 15.4. The zero-order valence-corrected chi connectivity index (χ0v) is 10.3. The number of hydrogen-bond donors (Lipinski definition) is 0. The Bertz CT molecular complexity index is 179. The molecule has 0 N–H and O–H groups in total. The van der Waals surface area contributed by atoms with Gasteiger partial charge in [-0.3, -0.25) is 19.6 Å². The minimum Gasteiger partial charge on any atom is -0.289 e. The van der Waals surface area contributed by atoms with Crippen LogP contribution in [0.15, 0.2) is 0 Å². The molecule has 2 aliphatic rings. The molecule has 2 radical (unpaired) electrons. The second-order valence-electron chi connectivity index (χ2n) is 4.84. The molecule has 2 heterocycles. The Morgan fingerprint density at radius 1 is 0.667 bits per heavy atom. The summed E-state index contributed by atoms with van der Waals surface area (Å²) in [5, 5.41) is 0. The van der Waals surface area contributed by atoms with Gasteiger partial charge in [-0.15, -0.1) is 0 Å². The van der Waals surface area contributed by atoms with Gasteiger partial charge in [0.1, 0.15) is 0 Å². The lowest BCUT2D eigenvalue weighted by Gasteiger charge is -2.32. The van der Waals surface area contributed by atoms with Gasteiger partial charge in [0.05, 0.1) is 18.8 Å². The molecule has 0 aromatic rings. The maximum atomic E-state index is 3.68. The Morgan fingerprint density at radius 2 is 0.933 bits per heavy atom. The zero-order valence-electron chi connectivity index (χ0n) is 10.3. The molecule has 0 atom stereocenters. The van der Waals surface area contributed by atoms with E-state index >= 15 is 0 Å². The van der Waals surface area contributed by atoms with Crippen LogP contribution in [0, 0.1) is 6.42 Å². The molecule has 2 saturated heterocycles. The lowest BCUT2D eigenvalue weighted by Crippen LogP contribution is -2.45. The molecular formula is C11H22N4. The second kappa shape index (κ2) is 4.37. The maximum Gasteiger partial charge on any atom is 0.0720 e. The summed E-state index contributed by atoms with van der Waals surface area (Å²) >= 11 is 0. The van der Waals surface area contributed by atoms with Gasteiger partial charge >= 0.3 is 0 Å². The molecule has 0 bridgehead atoms. The summed E-state index contributed by atoms with van der Waals surface area (Å²) in [7, 11) is 8.71. The van der Waals surface area contributed by atoms with E-state index < -0.39 is 0 Å². The van der Waals surface area contributed by atoms with Gasteiger partial charge in [0.2, 0.25) is 0 Å². The van der Waals surface area contributed by atoms with E-state index in [2.05, 4.69) is 54.2 Å². The fraction of sp³-hybridized carbons (Fsp3) is 0.909. The van der Waals surface area contributed by atoms with Gasteiger partial charge in [0.15, 0.2) is 0 Å². The third-order valence-corrected chi connectivity index (χ3v) is 3.58. The van der Waals surface area contributed by atoms with Crippen molar-refractivity contribution in [3.63, 3.8) is 0 Å². The van der Waals surface area contributed by atoms with E-state index in [9.17, 15) is 0 Å². The Morgan fingerprint density at radius 3 is 1.20 bits per heavy atom. The number of likely N-dealkylation sites (N-methyl/N-ethyl adjacent to an activating group) is 4. The van der Waals surface area contributed by atoms with E-state index in [1.165, 1.54) is 0 Å². The average Bonchev–Trinajstić information content (AvgIpc) is 2.67. The van der Waals surface area contributed by atoms with Crippen LogP contribution in [0.1, 0.15) is 0 Å². The molecule has 2 fully saturated rings. The molecule has 0 aliphatic carbocycles. The molecular weight excluding hydrogens is 188 g/mol. The van der Waals surface area contributed by atoms with Crippen molar-refractivity contribution in [1.29, 1.82) is 0 Å². The standard InChI is InChI=1S/C11H22N4/c1-12-5-6-13(2)10(12)9-11-14(3)7-8-15(11)4/h10-11H,5-8H2,1-4H3. The SMILES string of the molecule is CN1CCN(C)C1[C]C1N(C)CCN1C. The van der Waals surface area contributed by atoms with E-state index in [-0.39, 0.29) is 0 Å². The lowest BCUT2D eigenvalue weighted by atomic mass is 10.2. The monoisotopic (exact) mass is 210 g/mol. The van der Waals surface area contributed by atoms with Crippen molar-refractivity contribution in [2.45, 2.75) is 12.3 Å². The van der Waals surface area contributed by atoms with E-state index in [1.54, 1.807) is 0 Å². The van der Waals surface area contributed by atoms with E-state index in [0.29, 0.717) is 12.3 Å². The first-order valence-electron chi connectivity index (χ1n) is 5.66. The highest BCUT2D eigenvalue weighted by Crippen LogP contribution is 2.20. The highest BCUT2D eigenvalue weighted by Gasteiger charge is 2.34. The summed E-state index contributed by atoms with van der Waals surface area (Å²) in [5.74, 6) is 0. The van der Waals surface area contributed by atoms with E-state index in [4.69, 9.17) is 0 Å². The largest absolute Gasteiger partial charge is 0.289 e. The Kier molecular flexibility index (Phi) is 3.30. The van der Waals surface area contributed by atoms with Crippen LogP contribution in [0.2, 0.25) is 0 Å². The molecule has 0 amide bonds. The predicted octanol–water partition coefficient (Wildman–Crippen LogP) is -0.526. The van der Waals surface area contributed by atoms with Gasteiger partial charge in [0, 0.05) is 26.2 Å². The van der Waals surface area contributed by atoms with Crippen molar-refractivity contribution < 1.29 is 0 Å². The van der Waals surface area contributed by atoms with Gasteiger partial charge in [-0.25, -0.2) is 0 Å². The van der Waals surface area contributed by atoms with Crippen molar-refractivity contribution in [2.24, 2.45) is 0 Å². The lowest BCUT2D eigenvalue weighted by molar-refractivity contribution is 0.148. The molecule has 15 heavy (non-hydrogen) atoms. The molecule has 0 aromatic heterocycles. The molecule has 2 aliphatic heterocycles. The maximum absolute atomic E-state index is 3.68. The molecule has 2 rings (SSSR count). The average molecular weight is 210 g/mol. The van der Waals surface area contributed by atoms with Crippen LogP contribution >= 0.6 is 0 Å². The van der Waals surface area contributed by atoms with Crippen LogP contribution in [0.25, 0.3) is 0 Å². The van der Waals surface area contributed by atoms with Gasteiger partial charge in [-0.05, 0) is 28.2 Å². The second-order valence-corrected chi connectivity index (χ2v) is 4.84. The summed E-state index contributed by atoms with van der Waals surface area (Å²) in [5.41, 5.74) is 0. The number of rotatable bonds is 2. The third kappa shape index (κ3) is 2.18. The number of hydrogen-bond acceptors (Lipinski definition) is 4. The molecule has 0 spiro atoms. The van der Waals surface area contributed by atoms with E-state index in [1.807, 2.05) is 0 Å². The number of nitrogens with zero attached hydrogens (tertiary/aromatic N) is 4. The minimum atomic E-state index is 0.373. The van der Waals surface area contributed by atoms with E-state index in [0.717, 1.165) is 26.2 Å². The van der Waals surface area contributed by atoms with Gasteiger partial charge in [0.25, 0.3) is 0 Å². The van der Waals surface area contributed by atoms with Crippen molar-refractivity contribution in [3.05, 3.63) is 6.42 Å². The van der Waals surface area contributed by atoms with Gasteiger partial charge in [-0.1, -0.05) is 0 Å². The molecule has 4 nitrogen and oxygen atoms in total. The van der Waals surface area contributed by atoms with Crippen LogP contribution in [-0.4, -0.2) is 86.3 Å². The molecule has 0 aromatic carbocycles. The highest BCUT2D eigenvalue weighted by molar-refractivity contribution is 4.98. The van der Waals surface area contributed by atoms with Crippen molar-refractivity contribution in [3.8, 4) is 0 Å². The Labute approximate surface area is 93.4 Å². The molecule has 0 saturated carbocycles. The smallest absolute Gasteiger partial charge is 0.0720 e. The Balaban J connectivity index is 1.95. The minimum absolute atomic E-state index is 0.373. The zero-order chi connectivity index (χ0) is 11.0. The summed E-state index contributed by atoms with van der Waals surface area (Å²) in [6.07, 6.45) is 4.43. The quantitative estimate of drug-likeness (QED) is 0.608. The molecule has 4 heteroatoms. The normalized spacial score (nSPS) is 29.6. The summed E-state index contributed by atoms with van der Waals surface area (Å²) in [6, 6.07) is 0. The fourth-order valence-electron chi connectivity index (χ4n) is 2.44. The van der Waals surface area contributed by atoms with Crippen molar-refractivity contribution >= 4 is 0 Å². The Hall–Kier alpha value is -0.160. The van der Waals surface area contributed by atoms with Gasteiger partial charge in [-0.2, -0.15) is 0 Å². The van der Waals surface area contributed by atoms with Gasteiger partial charge < -0.3 is 0 Å². The van der Waals surface area contributed by atoms with Crippen molar-refractivity contribution in [2.75, 3.05) is 54.4 Å². The first kappa shape index (κ1) is 11.3. The van der Waals surface area contributed by atoms with Crippen LogP contribution in [0.3, 0.4) is 0 Å². The molecule has 86 valence electrons. The summed E-state index contributed by atoms with van der Waals surface area (Å²) in [6.45, 7) is 4.59. The van der Waals surface area contributed by atoms with Crippen LogP contribution in [0.5, 0.6) is 0 Å². The summed E-state index contributed by atoms with van der Waals surface area (Å²) in [4.78, 5) is 9.44. The summed E-state index contributed by atoms with van der Waals surface area (Å²) < 4.78 is 0. The first-order chi connectivity index (χ1) is 7.09. The molecule has 0 unspecified atom stereocenters. The van der Waals surface area contributed by atoms with Crippen LogP contribution in [0.4, 0.5) is 0 Å². The van der Waals surface area contributed by atoms with Crippen LogP contribution in [-0.2, 0) is 0 Å². The third-order valence-electron chi connectivity index (χ3n) is 3.58. The topological polar surface area (TPSA) is 13.0 Å².